The fourth-order valence-corrected chi connectivity index (χ4v) is 3.41. The number of hydrogen-bond donors (Lipinski definition) is 2. The summed E-state index contributed by atoms with van der Waals surface area (Å²) in [5, 5.41) is 17.1. The molecule has 2 N–H and O–H groups in total. The molecule has 1 unspecified atom stereocenters. The Hall–Kier alpha value is -3.27. The molecule has 0 aliphatic heterocycles. The lowest BCUT2D eigenvalue weighted by atomic mass is 10.1. The molecule has 0 spiro atoms. The third kappa shape index (κ3) is 5.63. The number of hydrogen-bond acceptors (Lipinski definition) is 6. The normalized spacial score (nSPS) is 14.5. The van der Waals surface area contributed by atoms with Crippen molar-refractivity contribution >= 4 is 29.2 Å². The van der Waals surface area contributed by atoms with Gasteiger partial charge in [0.1, 0.15) is 19.0 Å². The molecule has 0 heterocycles. The van der Waals surface area contributed by atoms with Gasteiger partial charge in [-0.25, -0.2) is 9.18 Å². The average Bonchev–Trinajstić information content (AvgIpc) is 3.14. The average molecular weight is 433 g/mol. The Balaban J connectivity index is 1.32. The fraction of sp³-hybridized carbons (Fsp3) is 0.300. The van der Waals surface area contributed by atoms with E-state index >= 15 is 0 Å². The number of nitrogens with one attached hydrogen (secondary N) is 2. The van der Waals surface area contributed by atoms with E-state index in [0.717, 1.165) is 17.5 Å². The third-order valence-electron chi connectivity index (χ3n) is 4.63. The van der Waals surface area contributed by atoms with Gasteiger partial charge in [-0.2, -0.15) is 0 Å². The predicted octanol–water partition coefficient (Wildman–Crippen LogP) is 3.54. The zero-order valence-electron chi connectivity index (χ0n) is 15.9. The molecule has 0 amide bonds. The number of ether oxygens (including phenoxy) is 2. The summed E-state index contributed by atoms with van der Waals surface area (Å²) in [6.07, 6.45) is 0.560. The SMILES string of the molecule is O=C(OCCNC(=S)NC1CCc2c(F)cccc21)OCc1ccc([N+](=O)[O-])cc1. The summed E-state index contributed by atoms with van der Waals surface area (Å²) >= 11 is 5.24. The summed E-state index contributed by atoms with van der Waals surface area (Å²) in [5.74, 6) is -0.198. The molecule has 3 rings (SSSR count). The van der Waals surface area contributed by atoms with Gasteiger partial charge in [-0.15, -0.1) is 0 Å². The van der Waals surface area contributed by atoms with E-state index in [9.17, 15) is 19.3 Å². The molecule has 0 fully saturated rings. The van der Waals surface area contributed by atoms with Crippen LogP contribution in [0.5, 0.6) is 0 Å². The van der Waals surface area contributed by atoms with E-state index in [1.807, 2.05) is 6.07 Å². The van der Waals surface area contributed by atoms with E-state index in [1.54, 1.807) is 6.07 Å². The summed E-state index contributed by atoms with van der Waals surface area (Å²) in [4.78, 5) is 21.7. The Morgan fingerprint density at radius 2 is 2.00 bits per heavy atom. The number of rotatable bonds is 7. The van der Waals surface area contributed by atoms with Crippen LogP contribution in [0.2, 0.25) is 0 Å². The molecule has 10 heteroatoms. The second-order valence-electron chi connectivity index (χ2n) is 6.61. The van der Waals surface area contributed by atoms with Crippen LogP contribution >= 0.6 is 12.2 Å². The van der Waals surface area contributed by atoms with E-state index < -0.39 is 11.1 Å². The molecule has 158 valence electrons. The largest absolute Gasteiger partial charge is 0.508 e. The first-order valence-electron chi connectivity index (χ1n) is 9.28. The summed E-state index contributed by atoms with van der Waals surface area (Å²) in [6, 6.07) is 10.6. The van der Waals surface area contributed by atoms with E-state index in [-0.39, 0.29) is 37.3 Å². The Morgan fingerprint density at radius 1 is 1.23 bits per heavy atom. The topological polar surface area (TPSA) is 103 Å². The molecule has 0 bridgehead atoms. The van der Waals surface area contributed by atoms with Gasteiger partial charge < -0.3 is 20.1 Å². The van der Waals surface area contributed by atoms with E-state index in [4.69, 9.17) is 21.7 Å². The van der Waals surface area contributed by atoms with E-state index in [0.29, 0.717) is 17.1 Å². The second-order valence-corrected chi connectivity index (χ2v) is 7.02. The zero-order chi connectivity index (χ0) is 21.5. The summed E-state index contributed by atoms with van der Waals surface area (Å²) in [6.45, 7) is 0.264. The van der Waals surface area contributed by atoms with Gasteiger partial charge in [-0.1, -0.05) is 12.1 Å². The van der Waals surface area contributed by atoms with Gasteiger partial charge in [-0.05, 0) is 59.9 Å². The Bertz CT molecular complexity index is 939. The van der Waals surface area contributed by atoms with Crippen molar-refractivity contribution in [2.45, 2.75) is 25.5 Å². The number of benzene rings is 2. The highest BCUT2D eigenvalue weighted by Crippen LogP contribution is 2.32. The van der Waals surface area contributed by atoms with Crippen molar-refractivity contribution in [2.75, 3.05) is 13.2 Å². The smallest absolute Gasteiger partial charge is 0.432 e. The van der Waals surface area contributed by atoms with Crippen molar-refractivity contribution in [3.05, 3.63) is 75.1 Å². The summed E-state index contributed by atoms with van der Waals surface area (Å²) in [5.41, 5.74) is 2.19. The molecule has 1 aliphatic rings. The van der Waals surface area contributed by atoms with Gasteiger partial charge in [0, 0.05) is 12.1 Å². The molecule has 0 aromatic heterocycles. The van der Waals surface area contributed by atoms with Crippen molar-refractivity contribution in [1.29, 1.82) is 0 Å². The van der Waals surface area contributed by atoms with Crippen LogP contribution in [-0.4, -0.2) is 29.3 Å². The lowest BCUT2D eigenvalue weighted by molar-refractivity contribution is -0.384. The monoisotopic (exact) mass is 433 g/mol. The molecule has 0 radical (unpaired) electrons. The molecule has 1 atom stereocenters. The van der Waals surface area contributed by atoms with Crippen molar-refractivity contribution in [3.8, 4) is 0 Å². The van der Waals surface area contributed by atoms with Gasteiger partial charge in [0.05, 0.1) is 17.5 Å². The third-order valence-corrected chi connectivity index (χ3v) is 4.89. The van der Waals surface area contributed by atoms with E-state index in [1.165, 1.54) is 30.3 Å². The van der Waals surface area contributed by atoms with Gasteiger partial charge in [0.2, 0.25) is 0 Å². The Kier molecular flexibility index (Phi) is 7.12. The quantitative estimate of drug-likeness (QED) is 0.225. The number of halogens is 1. The summed E-state index contributed by atoms with van der Waals surface area (Å²) in [7, 11) is 0. The standard InChI is InChI=1S/C20H20FN3O5S/c21-17-3-1-2-16-15(17)8-9-18(16)23-19(30)22-10-11-28-20(25)29-12-13-4-6-14(7-5-13)24(26)27/h1-7,18H,8-12H2,(H2,22,23,30). The zero-order valence-corrected chi connectivity index (χ0v) is 16.7. The maximum Gasteiger partial charge on any atom is 0.508 e. The lowest BCUT2D eigenvalue weighted by Gasteiger charge is -2.17. The number of nitro benzene ring substituents is 1. The van der Waals surface area contributed by atoms with Gasteiger partial charge in [0.15, 0.2) is 5.11 Å². The number of nitrogens with zero attached hydrogens (tertiary/aromatic N) is 1. The number of carbonyl (C=O) groups is 1. The number of thiocarbonyl (C=S) groups is 1. The van der Waals surface area contributed by atoms with Crippen molar-refractivity contribution in [3.63, 3.8) is 0 Å². The first-order valence-corrected chi connectivity index (χ1v) is 9.69. The predicted molar refractivity (Wildman–Crippen MR) is 110 cm³/mol. The molecule has 0 saturated carbocycles. The molecule has 2 aromatic rings. The number of non-ortho nitro benzene ring substituents is 1. The fourth-order valence-electron chi connectivity index (χ4n) is 3.17. The van der Waals surface area contributed by atoms with Gasteiger partial charge >= 0.3 is 6.16 Å². The van der Waals surface area contributed by atoms with Crippen molar-refractivity contribution < 1.29 is 23.6 Å². The highest BCUT2D eigenvalue weighted by molar-refractivity contribution is 7.80. The molecule has 30 heavy (non-hydrogen) atoms. The van der Waals surface area contributed by atoms with Gasteiger partial charge in [-0.3, -0.25) is 10.1 Å². The summed E-state index contributed by atoms with van der Waals surface area (Å²) < 4.78 is 23.7. The van der Waals surface area contributed by atoms with Crippen LogP contribution in [0.4, 0.5) is 14.9 Å². The van der Waals surface area contributed by atoms with Crippen LogP contribution in [0.3, 0.4) is 0 Å². The highest BCUT2D eigenvalue weighted by Gasteiger charge is 2.25. The minimum atomic E-state index is -0.853. The molecule has 1 aliphatic carbocycles. The molecule has 8 nitrogen and oxygen atoms in total. The molecule has 2 aromatic carbocycles. The maximum absolute atomic E-state index is 13.8. The lowest BCUT2D eigenvalue weighted by Crippen LogP contribution is -2.38. The Morgan fingerprint density at radius 3 is 2.73 bits per heavy atom. The Labute approximate surface area is 177 Å². The number of carbonyl (C=O) groups excluding carboxylic acids is 1. The minimum absolute atomic E-state index is 0.0385. The van der Waals surface area contributed by atoms with Crippen molar-refractivity contribution in [1.82, 2.24) is 10.6 Å². The molecular formula is C20H20FN3O5S. The molecular weight excluding hydrogens is 413 g/mol. The van der Waals surface area contributed by atoms with Crippen LogP contribution < -0.4 is 10.6 Å². The second kappa shape index (κ2) is 9.97. The van der Waals surface area contributed by atoms with Crippen LogP contribution in [0, 0.1) is 15.9 Å². The van der Waals surface area contributed by atoms with Crippen molar-refractivity contribution in [2.24, 2.45) is 0 Å². The van der Waals surface area contributed by atoms with Crippen LogP contribution in [0.15, 0.2) is 42.5 Å². The first-order chi connectivity index (χ1) is 14.4. The van der Waals surface area contributed by atoms with Gasteiger partial charge in [0.25, 0.3) is 5.69 Å². The molecule has 0 saturated heterocycles. The van der Waals surface area contributed by atoms with Crippen LogP contribution in [-0.2, 0) is 22.5 Å². The first kappa shape index (κ1) is 21.4. The number of nitro groups is 1. The minimum Gasteiger partial charge on any atom is -0.432 e. The van der Waals surface area contributed by atoms with Crippen LogP contribution in [0.25, 0.3) is 0 Å². The number of fused-ring (bicyclic) bond motifs is 1. The highest BCUT2D eigenvalue weighted by atomic mass is 32.1. The van der Waals surface area contributed by atoms with E-state index in [2.05, 4.69) is 10.6 Å². The maximum atomic E-state index is 13.8. The van der Waals surface area contributed by atoms with Crippen LogP contribution in [0.1, 0.15) is 29.2 Å².